The van der Waals surface area contributed by atoms with E-state index in [0.29, 0.717) is 24.7 Å². The highest BCUT2D eigenvalue weighted by Gasteiger charge is 2.46. The smallest absolute Gasteiger partial charge is 0.325 e. The summed E-state index contributed by atoms with van der Waals surface area (Å²) in [4.78, 5) is 39.3. The molecule has 0 aromatic heterocycles. The Morgan fingerprint density at radius 2 is 2.00 bits per heavy atom. The third kappa shape index (κ3) is 3.48. The largest absolute Gasteiger partial charge is 0.370 e. The first-order valence-corrected chi connectivity index (χ1v) is 8.45. The van der Waals surface area contributed by atoms with Gasteiger partial charge in [-0.15, -0.1) is 0 Å². The van der Waals surface area contributed by atoms with E-state index < -0.39 is 17.5 Å². The van der Waals surface area contributed by atoms with Gasteiger partial charge in [-0.1, -0.05) is 23.7 Å². The second-order valence-corrected chi connectivity index (χ2v) is 7.09. The molecule has 3 rings (SSSR count). The zero-order valence-corrected chi connectivity index (χ0v) is 14.9. The lowest BCUT2D eigenvalue weighted by Crippen LogP contribution is -2.51. The number of carbonyl (C=O) groups excluding carboxylic acids is 3. The van der Waals surface area contributed by atoms with Crippen molar-refractivity contribution in [1.29, 1.82) is 0 Å². The Labute approximate surface area is 150 Å². The molecule has 2 aliphatic rings. The maximum absolute atomic E-state index is 12.6. The van der Waals surface area contributed by atoms with E-state index in [1.54, 1.807) is 30.9 Å². The number of carbonyl (C=O) groups is 3. The summed E-state index contributed by atoms with van der Waals surface area (Å²) in [5.74, 6) is -0.605. The normalized spacial score (nSPS) is 22.9. The molecule has 7 nitrogen and oxygen atoms in total. The molecule has 0 aliphatic carbocycles. The second kappa shape index (κ2) is 6.65. The Morgan fingerprint density at radius 1 is 1.32 bits per heavy atom. The third-order valence-electron chi connectivity index (χ3n) is 4.65. The fraction of sp³-hybridized carbons (Fsp3) is 0.471. The number of hydrogen-bond acceptors (Lipinski definition) is 4. The van der Waals surface area contributed by atoms with Crippen molar-refractivity contribution >= 4 is 29.4 Å². The molecule has 1 aromatic carbocycles. The summed E-state index contributed by atoms with van der Waals surface area (Å²) in [7, 11) is 0. The van der Waals surface area contributed by atoms with Gasteiger partial charge < -0.3 is 14.5 Å². The van der Waals surface area contributed by atoms with Crippen molar-refractivity contribution in [2.24, 2.45) is 0 Å². The molecule has 2 fully saturated rings. The van der Waals surface area contributed by atoms with E-state index in [1.807, 2.05) is 12.1 Å². The molecule has 2 heterocycles. The van der Waals surface area contributed by atoms with Gasteiger partial charge in [0.15, 0.2) is 0 Å². The zero-order chi connectivity index (χ0) is 18.2. The average molecular weight is 366 g/mol. The minimum absolute atomic E-state index is 0.141. The summed E-state index contributed by atoms with van der Waals surface area (Å²) < 4.78 is 5.75. The Kier molecular flexibility index (Phi) is 4.71. The predicted molar refractivity (Wildman–Crippen MR) is 91.0 cm³/mol. The first-order valence-electron chi connectivity index (χ1n) is 8.07. The molecule has 4 amide bonds. The highest BCUT2D eigenvalue weighted by molar-refractivity contribution is 6.30. The van der Waals surface area contributed by atoms with Gasteiger partial charge in [0.25, 0.3) is 5.91 Å². The molecule has 0 saturated carbocycles. The summed E-state index contributed by atoms with van der Waals surface area (Å²) in [6.07, 6.45) is -0.239. The van der Waals surface area contributed by atoms with Crippen molar-refractivity contribution in [1.82, 2.24) is 15.1 Å². The van der Waals surface area contributed by atoms with Crippen molar-refractivity contribution in [2.45, 2.75) is 25.5 Å². The van der Waals surface area contributed by atoms with Crippen LogP contribution in [-0.2, 0) is 14.3 Å². The van der Waals surface area contributed by atoms with E-state index in [2.05, 4.69) is 5.32 Å². The quantitative estimate of drug-likeness (QED) is 0.825. The summed E-state index contributed by atoms with van der Waals surface area (Å²) in [5, 5.41) is 2.88. The van der Waals surface area contributed by atoms with Crippen LogP contribution in [0.2, 0.25) is 5.02 Å². The fourth-order valence-electron chi connectivity index (χ4n) is 2.95. The topological polar surface area (TPSA) is 79.0 Å². The molecular weight excluding hydrogens is 346 g/mol. The van der Waals surface area contributed by atoms with Crippen LogP contribution in [-0.4, -0.2) is 59.4 Å². The molecule has 25 heavy (non-hydrogen) atoms. The molecule has 0 spiro atoms. The highest BCUT2D eigenvalue weighted by atomic mass is 35.5. The molecule has 134 valence electrons. The molecular formula is C17H20ClN3O4. The minimum atomic E-state index is -1.03. The van der Waals surface area contributed by atoms with E-state index >= 15 is 0 Å². The molecule has 0 radical (unpaired) electrons. The van der Waals surface area contributed by atoms with Crippen LogP contribution in [0, 0.1) is 0 Å². The lowest BCUT2D eigenvalue weighted by Gasteiger charge is -2.35. The fourth-order valence-corrected chi connectivity index (χ4v) is 3.08. The molecule has 1 atom stereocenters. The third-order valence-corrected chi connectivity index (χ3v) is 4.90. The number of rotatable bonds is 3. The van der Waals surface area contributed by atoms with Crippen molar-refractivity contribution in [3.63, 3.8) is 0 Å². The monoisotopic (exact) mass is 365 g/mol. The lowest BCUT2D eigenvalue weighted by molar-refractivity contribution is -0.140. The molecule has 1 aromatic rings. The molecule has 1 N–H and O–H groups in total. The Hall–Kier alpha value is -2.12. The van der Waals surface area contributed by atoms with Gasteiger partial charge in [0, 0.05) is 11.6 Å². The van der Waals surface area contributed by atoms with E-state index in [0.717, 1.165) is 5.56 Å². The number of urea groups is 1. The number of nitrogens with one attached hydrogen (secondary N) is 1. The number of morpholine rings is 1. The van der Waals surface area contributed by atoms with Gasteiger partial charge in [0.2, 0.25) is 5.91 Å². The van der Waals surface area contributed by atoms with Crippen molar-refractivity contribution in [3.05, 3.63) is 34.9 Å². The van der Waals surface area contributed by atoms with Gasteiger partial charge in [-0.05, 0) is 31.5 Å². The first kappa shape index (κ1) is 17.7. The maximum atomic E-state index is 12.6. The summed E-state index contributed by atoms with van der Waals surface area (Å²) >= 11 is 5.90. The number of benzene rings is 1. The number of amides is 4. The van der Waals surface area contributed by atoms with Gasteiger partial charge in [0.05, 0.1) is 13.2 Å². The SMILES string of the molecule is CC1(C)C(=O)NC(=O)N1CC(=O)N1CCO[C@H](c2ccc(Cl)cc2)C1. The number of imide groups is 1. The average Bonchev–Trinajstić information content (AvgIpc) is 2.77. The van der Waals surface area contributed by atoms with Crippen LogP contribution in [0.4, 0.5) is 4.79 Å². The van der Waals surface area contributed by atoms with Crippen LogP contribution in [0.3, 0.4) is 0 Å². The van der Waals surface area contributed by atoms with Crippen LogP contribution in [0.1, 0.15) is 25.5 Å². The predicted octanol–water partition coefficient (Wildman–Crippen LogP) is 1.57. The van der Waals surface area contributed by atoms with E-state index in [4.69, 9.17) is 16.3 Å². The maximum Gasteiger partial charge on any atom is 0.325 e. The van der Waals surface area contributed by atoms with Crippen LogP contribution in [0.15, 0.2) is 24.3 Å². The number of nitrogens with zero attached hydrogens (tertiary/aromatic N) is 2. The molecule has 8 heteroatoms. The van der Waals surface area contributed by atoms with Crippen molar-refractivity contribution in [2.75, 3.05) is 26.2 Å². The number of halogens is 1. The van der Waals surface area contributed by atoms with Crippen molar-refractivity contribution in [3.8, 4) is 0 Å². The lowest BCUT2D eigenvalue weighted by atomic mass is 10.0. The van der Waals surface area contributed by atoms with Crippen LogP contribution >= 0.6 is 11.6 Å². The van der Waals surface area contributed by atoms with E-state index in [1.165, 1.54) is 4.90 Å². The van der Waals surface area contributed by atoms with Gasteiger partial charge in [-0.25, -0.2) is 4.79 Å². The Morgan fingerprint density at radius 3 is 2.60 bits per heavy atom. The van der Waals surface area contributed by atoms with Gasteiger partial charge in [0.1, 0.15) is 18.2 Å². The summed E-state index contributed by atoms with van der Waals surface area (Å²) in [5.41, 5.74) is -0.0921. The molecule has 0 bridgehead atoms. The van der Waals surface area contributed by atoms with E-state index in [9.17, 15) is 14.4 Å². The molecule has 0 unspecified atom stereocenters. The molecule has 2 saturated heterocycles. The van der Waals surface area contributed by atoms with Gasteiger partial charge in [-0.2, -0.15) is 0 Å². The van der Waals surface area contributed by atoms with E-state index in [-0.39, 0.29) is 18.6 Å². The van der Waals surface area contributed by atoms with Crippen LogP contribution in [0.25, 0.3) is 0 Å². The van der Waals surface area contributed by atoms with Crippen molar-refractivity contribution < 1.29 is 19.1 Å². The number of ether oxygens (including phenoxy) is 1. The second-order valence-electron chi connectivity index (χ2n) is 6.66. The Balaban J connectivity index is 1.67. The van der Waals surface area contributed by atoms with Gasteiger partial charge >= 0.3 is 6.03 Å². The standard InChI is InChI=1S/C17H20ClN3O4/c1-17(2)15(23)19-16(24)21(17)10-14(22)20-7-8-25-13(9-20)11-3-5-12(18)6-4-11/h3-6,13H,7-10H2,1-2H3,(H,19,23,24)/t13-/m0/s1. The first-order chi connectivity index (χ1) is 11.8. The molecule has 2 aliphatic heterocycles. The minimum Gasteiger partial charge on any atom is -0.370 e. The summed E-state index contributed by atoms with van der Waals surface area (Å²) in [6, 6.07) is 6.77. The number of hydrogen-bond donors (Lipinski definition) is 1. The van der Waals surface area contributed by atoms with Gasteiger partial charge in [-0.3, -0.25) is 14.9 Å². The Bertz CT molecular complexity index is 704. The zero-order valence-electron chi connectivity index (χ0n) is 14.1. The van der Waals surface area contributed by atoms with Crippen LogP contribution < -0.4 is 5.32 Å². The van der Waals surface area contributed by atoms with Crippen LogP contribution in [0.5, 0.6) is 0 Å². The summed E-state index contributed by atoms with van der Waals surface area (Å²) in [6.45, 7) is 4.36. The highest BCUT2D eigenvalue weighted by Crippen LogP contribution is 2.25.